The summed E-state index contributed by atoms with van der Waals surface area (Å²) in [7, 11) is 0. The molecule has 3 aromatic rings. The van der Waals surface area contributed by atoms with Crippen LogP contribution in [0.3, 0.4) is 0 Å². The van der Waals surface area contributed by atoms with Gasteiger partial charge in [0.1, 0.15) is 46.3 Å². The van der Waals surface area contributed by atoms with Gasteiger partial charge in [-0.15, -0.1) is 16.7 Å². The lowest BCUT2D eigenvalue weighted by Gasteiger charge is -2.27. The molecule has 190 valence electrons. The van der Waals surface area contributed by atoms with Crippen LogP contribution in [-0.4, -0.2) is 61.6 Å². The second-order valence-electron chi connectivity index (χ2n) is 8.55. The van der Waals surface area contributed by atoms with Crippen molar-refractivity contribution >= 4 is 50.1 Å². The van der Waals surface area contributed by atoms with Crippen molar-refractivity contribution in [3.8, 4) is 11.5 Å². The number of rotatable bonds is 12. The molecule has 0 saturated carbocycles. The molecule has 35 heavy (non-hydrogen) atoms. The highest BCUT2D eigenvalue weighted by Crippen LogP contribution is 2.36. The van der Waals surface area contributed by atoms with Crippen LogP contribution >= 0.6 is 50.1 Å². The van der Waals surface area contributed by atoms with Crippen LogP contribution in [0.4, 0.5) is 0 Å². The molecule has 2 unspecified atom stereocenters. The number of aromatic nitrogens is 3. The van der Waals surface area contributed by atoms with E-state index in [9.17, 15) is 15.3 Å². The van der Waals surface area contributed by atoms with Gasteiger partial charge in [0, 0.05) is 5.41 Å². The van der Waals surface area contributed by atoms with Crippen molar-refractivity contribution < 1.29 is 24.8 Å². The summed E-state index contributed by atoms with van der Waals surface area (Å²) in [6.07, 6.45) is -1.50. The third-order valence-corrected chi connectivity index (χ3v) is 7.71. The van der Waals surface area contributed by atoms with Gasteiger partial charge in [-0.05, 0) is 73.9 Å². The topological polar surface area (TPSA) is 110 Å². The van der Waals surface area contributed by atoms with Crippen molar-refractivity contribution in [2.75, 3.05) is 19.1 Å². The van der Waals surface area contributed by atoms with Crippen LogP contribution in [0.25, 0.3) is 0 Å². The van der Waals surface area contributed by atoms with E-state index >= 15 is 0 Å². The Hall–Kier alpha value is -1.44. The molecule has 0 aliphatic rings. The van der Waals surface area contributed by atoms with Gasteiger partial charge in [-0.3, -0.25) is 0 Å². The molecule has 0 bridgehead atoms. The van der Waals surface area contributed by atoms with Crippen LogP contribution in [0.2, 0.25) is 0 Å². The van der Waals surface area contributed by atoms with Crippen LogP contribution in [0.1, 0.15) is 30.7 Å². The van der Waals surface area contributed by atoms with Crippen LogP contribution in [0.15, 0.2) is 46.9 Å². The van der Waals surface area contributed by atoms with Gasteiger partial charge < -0.3 is 24.8 Å². The summed E-state index contributed by atoms with van der Waals surface area (Å²) in [6, 6.07) is 13.7. The van der Waals surface area contributed by atoms with Crippen molar-refractivity contribution in [3.63, 3.8) is 0 Å². The first-order valence-electron chi connectivity index (χ1n) is 10.9. The molecule has 2 atom stereocenters. The summed E-state index contributed by atoms with van der Waals surface area (Å²) < 4.78 is 14.4. The number of hydrogen-bond acceptors (Lipinski definition) is 7. The van der Waals surface area contributed by atoms with E-state index in [2.05, 4.69) is 40.1 Å². The zero-order valence-corrected chi connectivity index (χ0v) is 23.9. The standard InChI is InChI=1S/C24H28BrClIN3O5/c1-24(2,16-5-8-22(20(25)9-16)35-13-17(32)10-26)15-3-6-19(7-4-15)34-14-18(33)11-30-23(27)21(12-31)28-29-30/h3-9,17-18,31-33H,10-14H2,1-2H3. The number of nitrogens with zero attached hydrogens (tertiary/aromatic N) is 3. The first-order valence-corrected chi connectivity index (χ1v) is 13.3. The smallest absolute Gasteiger partial charge is 0.133 e. The third kappa shape index (κ3) is 7.30. The first-order chi connectivity index (χ1) is 16.6. The van der Waals surface area contributed by atoms with E-state index in [1.165, 1.54) is 0 Å². The minimum absolute atomic E-state index is 0.0972. The highest BCUT2D eigenvalue weighted by Gasteiger charge is 2.24. The second-order valence-corrected chi connectivity index (χ2v) is 10.7. The van der Waals surface area contributed by atoms with Crippen LogP contribution in [0, 0.1) is 3.70 Å². The Morgan fingerprint density at radius 3 is 2.31 bits per heavy atom. The van der Waals surface area contributed by atoms with Crippen molar-refractivity contribution in [2.45, 2.75) is 44.6 Å². The molecule has 0 fully saturated rings. The Bertz CT molecular complexity index is 1110. The molecule has 8 nitrogen and oxygen atoms in total. The molecule has 0 saturated heterocycles. The van der Waals surface area contributed by atoms with Gasteiger partial charge in [-0.1, -0.05) is 37.3 Å². The van der Waals surface area contributed by atoms with Gasteiger partial charge >= 0.3 is 0 Å². The van der Waals surface area contributed by atoms with Crippen molar-refractivity contribution in [1.82, 2.24) is 15.0 Å². The molecule has 2 aromatic carbocycles. The molecule has 0 aliphatic carbocycles. The molecule has 11 heteroatoms. The largest absolute Gasteiger partial charge is 0.491 e. The fourth-order valence-electron chi connectivity index (χ4n) is 3.37. The minimum Gasteiger partial charge on any atom is -0.491 e. The highest BCUT2D eigenvalue weighted by atomic mass is 127. The summed E-state index contributed by atoms with van der Waals surface area (Å²) in [4.78, 5) is 0. The number of aliphatic hydroxyl groups is 3. The molecule has 0 amide bonds. The highest BCUT2D eigenvalue weighted by molar-refractivity contribution is 14.1. The molecule has 1 aromatic heterocycles. The zero-order chi connectivity index (χ0) is 25.6. The maximum absolute atomic E-state index is 10.3. The van der Waals surface area contributed by atoms with Gasteiger partial charge in [0.05, 0.1) is 23.5 Å². The van der Waals surface area contributed by atoms with Crippen molar-refractivity contribution in [1.29, 1.82) is 0 Å². The molecule has 0 spiro atoms. The predicted molar refractivity (Wildman–Crippen MR) is 145 cm³/mol. The van der Waals surface area contributed by atoms with Gasteiger partial charge in [-0.2, -0.15) is 0 Å². The van der Waals surface area contributed by atoms with Crippen LogP contribution in [0.5, 0.6) is 11.5 Å². The molecule has 0 radical (unpaired) electrons. The summed E-state index contributed by atoms with van der Waals surface area (Å²) in [5.74, 6) is 1.41. The quantitative estimate of drug-likeness (QED) is 0.197. The van der Waals surface area contributed by atoms with Gasteiger partial charge in [0.25, 0.3) is 0 Å². The lowest BCUT2D eigenvalue weighted by molar-refractivity contribution is 0.0881. The van der Waals surface area contributed by atoms with E-state index in [-0.39, 0.29) is 37.7 Å². The molecular formula is C24H28BrClIN3O5. The Labute approximate surface area is 231 Å². The normalized spacial score (nSPS) is 13.5. The monoisotopic (exact) mass is 679 g/mol. The second kappa shape index (κ2) is 12.7. The average molecular weight is 681 g/mol. The fourth-order valence-corrected chi connectivity index (χ4v) is 4.52. The lowest BCUT2D eigenvalue weighted by atomic mass is 9.78. The van der Waals surface area contributed by atoms with E-state index < -0.39 is 12.2 Å². The Morgan fingerprint density at radius 1 is 1.06 bits per heavy atom. The molecule has 3 rings (SSSR count). The lowest BCUT2D eigenvalue weighted by Crippen LogP contribution is -2.25. The van der Waals surface area contributed by atoms with Crippen molar-refractivity contribution in [3.05, 3.63) is 67.5 Å². The Balaban J connectivity index is 1.60. The average Bonchev–Trinajstić information content (AvgIpc) is 3.20. The number of ether oxygens (including phenoxy) is 2. The van der Waals surface area contributed by atoms with E-state index in [1.807, 2.05) is 65.1 Å². The summed E-state index contributed by atoms with van der Waals surface area (Å²) >= 11 is 11.2. The fraction of sp³-hybridized carbons (Fsp3) is 0.417. The first kappa shape index (κ1) is 28.1. The summed E-state index contributed by atoms with van der Waals surface area (Å²) in [5.41, 5.74) is 2.38. The number of alkyl halides is 1. The van der Waals surface area contributed by atoms with E-state index in [1.54, 1.807) is 4.68 Å². The number of benzene rings is 2. The predicted octanol–water partition coefficient (Wildman–Crippen LogP) is 3.88. The minimum atomic E-state index is -0.781. The Morgan fingerprint density at radius 2 is 1.71 bits per heavy atom. The Kier molecular flexibility index (Phi) is 10.2. The molecule has 0 aliphatic heterocycles. The molecule has 1 heterocycles. The zero-order valence-electron chi connectivity index (χ0n) is 19.4. The maximum atomic E-state index is 10.3. The van der Waals surface area contributed by atoms with E-state index in [0.717, 1.165) is 15.6 Å². The van der Waals surface area contributed by atoms with E-state index in [4.69, 9.17) is 21.1 Å². The SMILES string of the molecule is CC(C)(c1ccc(OCC(O)Cn2nnc(CO)c2I)cc1)c1ccc(OCC(O)CCl)c(Br)c1. The number of halogens is 3. The molecule has 3 N–H and O–H groups in total. The van der Waals surface area contributed by atoms with Crippen molar-refractivity contribution in [2.24, 2.45) is 0 Å². The van der Waals surface area contributed by atoms with Gasteiger partial charge in [-0.25, -0.2) is 4.68 Å². The number of hydrogen-bond donors (Lipinski definition) is 3. The van der Waals surface area contributed by atoms with Crippen LogP contribution < -0.4 is 9.47 Å². The molecular weight excluding hydrogens is 653 g/mol. The third-order valence-electron chi connectivity index (χ3n) is 5.55. The summed E-state index contributed by atoms with van der Waals surface area (Å²) in [6.45, 7) is 4.51. The van der Waals surface area contributed by atoms with Gasteiger partial charge in [0.15, 0.2) is 0 Å². The maximum Gasteiger partial charge on any atom is 0.133 e. The van der Waals surface area contributed by atoms with E-state index in [0.29, 0.717) is 20.9 Å². The number of aliphatic hydroxyl groups excluding tert-OH is 3. The summed E-state index contributed by atoms with van der Waals surface area (Å²) in [5, 5.41) is 37.0. The van der Waals surface area contributed by atoms with Crippen LogP contribution in [-0.2, 0) is 18.6 Å². The van der Waals surface area contributed by atoms with Gasteiger partial charge in [0.2, 0.25) is 0 Å².